The van der Waals surface area contributed by atoms with E-state index in [1.807, 2.05) is 0 Å². The lowest BCUT2D eigenvalue weighted by Crippen LogP contribution is -2.29. The van der Waals surface area contributed by atoms with Gasteiger partial charge in [-0.05, 0) is 51.8 Å². The maximum atomic E-state index is 14.0. The molecule has 8 nitrogen and oxygen atoms in total. The lowest BCUT2D eigenvalue weighted by Gasteiger charge is -2.22. The standard InChI is InChI=1S/C20H28FN3O5S/c1-14(15-8-9-16(21)17(12-15)29-20(2,3)4)23-30(27,28)11-7-5-6-10-24-13-18(25)22-19(24)26/h8-9,12,23H,1,5-7,10-11,13H2,2-4H3,(H,22,25,26). The summed E-state index contributed by atoms with van der Waals surface area (Å²) in [6.45, 7) is 9.52. The molecule has 1 aromatic rings. The molecule has 10 heteroatoms. The average molecular weight is 442 g/mol. The van der Waals surface area contributed by atoms with Gasteiger partial charge in [-0.15, -0.1) is 0 Å². The number of hydrogen-bond acceptors (Lipinski definition) is 5. The molecule has 3 amide bonds. The molecule has 2 N–H and O–H groups in total. The van der Waals surface area contributed by atoms with Gasteiger partial charge in [0.2, 0.25) is 15.9 Å². The lowest BCUT2D eigenvalue weighted by atomic mass is 10.1. The summed E-state index contributed by atoms with van der Waals surface area (Å²) in [6, 6.07) is 3.63. The predicted octanol–water partition coefficient (Wildman–Crippen LogP) is 2.62. The summed E-state index contributed by atoms with van der Waals surface area (Å²) in [5.41, 5.74) is -0.0754. The number of sulfonamides is 1. The normalized spacial score (nSPS) is 14.6. The maximum absolute atomic E-state index is 14.0. The molecule has 166 valence electrons. The Morgan fingerprint density at radius 2 is 1.97 bits per heavy atom. The number of halogens is 1. The van der Waals surface area contributed by atoms with Crippen molar-refractivity contribution in [3.8, 4) is 5.75 Å². The highest BCUT2D eigenvalue weighted by atomic mass is 32.2. The van der Waals surface area contributed by atoms with Crippen LogP contribution >= 0.6 is 0 Å². The molecule has 0 saturated carbocycles. The molecule has 30 heavy (non-hydrogen) atoms. The van der Waals surface area contributed by atoms with Crippen LogP contribution in [0.5, 0.6) is 5.75 Å². The maximum Gasteiger partial charge on any atom is 0.324 e. The van der Waals surface area contributed by atoms with Crippen molar-refractivity contribution < 1.29 is 27.1 Å². The third kappa shape index (κ3) is 7.33. The number of carbonyl (C=O) groups excluding carboxylic acids is 2. The Balaban J connectivity index is 1.83. The molecule has 0 aromatic heterocycles. The highest BCUT2D eigenvalue weighted by Gasteiger charge is 2.25. The molecule has 0 atom stereocenters. The summed E-state index contributed by atoms with van der Waals surface area (Å²) >= 11 is 0. The van der Waals surface area contributed by atoms with Gasteiger partial charge in [-0.3, -0.25) is 14.8 Å². The minimum atomic E-state index is -3.64. The first-order valence-corrected chi connectivity index (χ1v) is 11.3. The minimum absolute atomic E-state index is 0.0183. The Morgan fingerprint density at radius 3 is 2.57 bits per heavy atom. The van der Waals surface area contributed by atoms with Crippen LogP contribution in [0, 0.1) is 5.82 Å². The molecule has 0 radical (unpaired) electrons. The van der Waals surface area contributed by atoms with E-state index in [4.69, 9.17) is 4.74 Å². The molecule has 1 fully saturated rings. The molecule has 0 unspecified atom stereocenters. The van der Waals surface area contributed by atoms with Gasteiger partial charge in [-0.2, -0.15) is 0 Å². The summed E-state index contributed by atoms with van der Waals surface area (Å²) in [5.74, 6) is -0.978. The molecule has 0 bridgehead atoms. The zero-order valence-electron chi connectivity index (χ0n) is 17.5. The van der Waals surface area contributed by atoms with Crippen molar-refractivity contribution in [2.75, 3.05) is 18.8 Å². The van der Waals surface area contributed by atoms with Gasteiger partial charge < -0.3 is 9.64 Å². The van der Waals surface area contributed by atoms with Gasteiger partial charge in [-0.1, -0.05) is 13.0 Å². The number of amides is 3. The first-order chi connectivity index (χ1) is 13.9. The fourth-order valence-electron chi connectivity index (χ4n) is 2.83. The molecule has 1 heterocycles. The smallest absolute Gasteiger partial charge is 0.324 e. The largest absolute Gasteiger partial charge is 0.485 e. The topological polar surface area (TPSA) is 105 Å². The Kier molecular flexibility index (Phi) is 7.46. The van der Waals surface area contributed by atoms with Crippen molar-refractivity contribution in [2.24, 2.45) is 0 Å². The lowest BCUT2D eigenvalue weighted by molar-refractivity contribution is -0.118. The highest BCUT2D eigenvalue weighted by molar-refractivity contribution is 7.89. The van der Waals surface area contributed by atoms with E-state index >= 15 is 0 Å². The highest BCUT2D eigenvalue weighted by Crippen LogP contribution is 2.25. The number of ether oxygens (including phenoxy) is 1. The van der Waals surface area contributed by atoms with Crippen LogP contribution in [0.15, 0.2) is 24.8 Å². The molecular weight excluding hydrogens is 413 g/mol. The molecule has 1 aliphatic heterocycles. The van der Waals surface area contributed by atoms with Crippen molar-refractivity contribution in [1.82, 2.24) is 14.9 Å². The zero-order valence-corrected chi connectivity index (χ0v) is 18.3. The summed E-state index contributed by atoms with van der Waals surface area (Å²) in [5, 5.41) is 2.19. The van der Waals surface area contributed by atoms with E-state index in [2.05, 4.69) is 16.6 Å². The van der Waals surface area contributed by atoms with Gasteiger partial charge in [0.05, 0.1) is 5.75 Å². The number of urea groups is 1. The fourth-order valence-corrected chi connectivity index (χ4v) is 4.01. The molecule has 0 spiro atoms. The first kappa shape index (κ1) is 23.7. The Labute approximate surface area is 176 Å². The molecule has 1 saturated heterocycles. The second kappa shape index (κ2) is 9.46. The summed E-state index contributed by atoms with van der Waals surface area (Å²) in [7, 11) is -3.64. The van der Waals surface area contributed by atoms with E-state index in [1.54, 1.807) is 20.8 Å². The summed E-state index contributed by atoms with van der Waals surface area (Å²) < 4.78 is 46.5. The first-order valence-electron chi connectivity index (χ1n) is 9.63. The van der Waals surface area contributed by atoms with Gasteiger partial charge in [0.15, 0.2) is 11.6 Å². The Hall–Kier alpha value is -2.62. The monoisotopic (exact) mass is 441 g/mol. The van der Waals surface area contributed by atoms with Gasteiger partial charge >= 0.3 is 6.03 Å². The Morgan fingerprint density at radius 1 is 1.27 bits per heavy atom. The van der Waals surface area contributed by atoms with Crippen LogP contribution in [0.3, 0.4) is 0 Å². The number of carbonyl (C=O) groups is 2. The summed E-state index contributed by atoms with van der Waals surface area (Å²) in [6.07, 6.45) is 1.54. The van der Waals surface area contributed by atoms with Crippen LogP contribution < -0.4 is 14.8 Å². The van der Waals surface area contributed by atoms with Gasteiger partial charge in [-0.25, -0.2) is 17.6 Å². The second-order valence-corrected chi connectivity index (χ2v) is 9.94. The van der Waals surface area contributed by atoms with E-state index in [1.165, 1.54) is 23.1 Å². The summed E-state index contributed by atoms with van der Waals surface area (Å²) in [4.78, 5) is 23.9. The van der Waals surface area contributed by atoms with E-state index in [-0.39, 0.29) is 29.7 Å². The minimum Gasteiger partial charge on any atom is -0.485 e. The third-order valence-electron chi connectivity index (χ3n) is 4.18. The third-order valence-corrected chi connectivity index (χ3v) is 5.57. The number of benzene rings is 1. The van der Waals surface area contributed by atoms with Crippen LogP contribution in [0.25, 0.3) is 5.70 Å². The van der Waals surface area contributed by atoms with E-state index in [0.717, 1.165) is 0 Å². The Bertz CT molecular complexity index is 925. The number of nitrogens with zero attached hydrogens (tertiary/aromatic N) is 1. The molecular formula is C20H28FN3O5S. The van der Waals surface area contributed by atoms with Gasteiger partial charge in [0.1, 0.15) is 12.1 Å². The number of imide groups is 1. The van der Waals surface area contributed by atoms with Crippen LogP contribution in [0.1, 0.15) is 45.6 Å². The van der Waals surface area contributed by atoms with Crippen molar-refractivity contribution in [3.05, 3.63) is 36.2 Å². The van der Waals surface area contributed by atoms with E-state index in [0.29, 0.717) is 31.4 Å². The number of unbranched alkanes of at least 4 members (excludes halogenated alkanes) is 2. The van der Waals surface area contributed by atoms with Crippen molar-refractivity contribution in [2.45, 2.75) is 45.6 Å². The van der Waals surface area contributed by atoms with Gasteiger partial charge in [0, 0.05) is 17.8 Å². The van der Waals surface area contributed by atoms with E-state index < -0.39 is 27.5 Å². The molecule has 1 aromatic carbocycles. The van der Waals surface area contributed by atoms with Crippen LogP contribution in [-0.2, 0) is 14.8 Å². The van der Waals surface area contributed by atoms with Crippen molar-refractivity contribution >= 4 is 27.7 Å². The van der Waals surface area contributed by atoms with Crippen LogP contribution in [0.4, 0.5) is 9.18 Å². The molecule has 1 aliphatic rings. The number of nitrogens with one attached hydrogen (secondary N) is 2. The second-order valence-electron chi connectivity index (χ2n) is 8.09. The molecule has 0 aliphatic carbocycles. The number of hydrogen-bond donors (Lipinski definition) is 2. The average Bonchev–Trinajstić information content (AvgIpc) is 2.92. The van der Waals surface area contributed by atoms with Crippen molar-refractivity contribution in [3.63, 3.8) is 0 Å². The van der Waals surface area contributed by atoms with Gasteiger partial charge in [0.25, 0.3) is 0 Å². The van der Waals surface area contributed by atoms with Crippen LogP contribution in [0.2, 0.25) is 0 Å². The quantitative estimate of drug-likeness (QED) is 0.429. The van der Waals surface area contributed by atoms with Crippen molar-refractivity contribution in [1.29, 1.82) is 0 Å². The van der Waals surface area contributed by atoms with E-state index in [9.17, 15) is 22.4 Å². The predicted molar refractivity (Wildman–Crippen MR) is 112 cm³/mol. The SMILES string of the molecule is C=C(NS(=O)(=O)CCCCCN1CC(=O)NC1=O)c1ccc(F)c(OC(C)(C)C)c1. The fraction of sp³-hybridized carbons (Fsp3) is 0.500. The molecule has 2 rings (SSSR count). The zero-order chi connectivity index (χ0) is 22.5. The number of rotatable bonds is 10. The van der Waals surface area contributed by atoms with Crippen LogP contribution in [-0.4, -0.2) is 49.7 Å².